The van der Waals surface area contributed by atoms with E-state index in [9.17, 15) is 0 Å². The van der Waals surface area contributed by atoms with Crippen LogP contribution in [0.25, 0.3) is 11.3 Å². The largest absolute Gasteiger partial charge is 0.364 e. The first-order valence-corrected chi connectivity index (χ1v) is 11.8. The Morgan fingerprint density at radius 3 is 2.46 bits per heavy atom. The van der Waals surface area contributed by atoms with E-state index in [0.29, 0.717) is 0 Å². The van der Waals surface area contributed by atoms with Gasteiger partial charge in [0.1, 0.15) is 12.0 Å². The molecule has 0 atom stereocenters. The normalized spacial score (nSPS) is 11.6. The first-order valence-electron chi connectivity index (χ1n) is 8.62. The number of rotatable bonds is 6. The van der Waals surface area contributed by atoms with Gasteiger partial charge in [0.05, 0.1) is 8.07 Å². The van der Waals surface area contributed by atoms with E-state index in [1.165, 1.54) is 23.6 Å². The second kappa shape index (κ2) is 7.18. The molecule has 0 bridgehead atoms. The second-order valence-corrected chi connectivity index (χ2v) is 12.0. The molecule has 0 aliphatic carbocycles. The number of aryl methyl sites for hydroxylation is 2. The summed E-state index contributed by atoms with van der Waals surface area (Å²) in [4.78, 5) is 0. The fourth-order valence-corrected chi connectivity index (χ4v) is 5.70. The molecule has 0 amide bonds. The number of hydrogen-bond acceptors (Lipinski definition) is 2. The Balaban J connectivity index is 1.63. The second-order valence-electron chi connectivity index (χ2n) is 7.13. The fraction of sp³-hybridized carbons (Fsp3) is 0.286. The van der Waals surface area contributed by atoms with E-state index in [1.807, 2.05) is 6.07 Å². The highest BCUT2D eigenvalue weighted by Crippen LogP contribution is 2.23. The smallest absolute Gasteiger partial charge is 0.124 e. The van der Waals surface area contributed by atoms with Crippen molar-refractivity contribution in [2.24, 2.45) is 0 Å². The van der Waals surface area contributed by atoms with E-state index in [1.54, 1.807) is 11.4 Å². The molecular formula is C21H25NOSi. The molecule has 2 aromatic carbocycles. The highest BCUT2D eigenvalue weighted by atomic mass is 28.3. The van der Waals surface area contributed by atoms with Crippen LogP contribution in [0.1, 0.15) is 17.5 Å². The fourth-order valence-electron chi connectivity index (χ4n) is 3.25. The molecule has 24 heavy (non-hydrogen) atoms. The molecule has 0 unspecified atom stereocenters. The van der Waals surface area contributed by atoms with Crippen LogP contribution in [-0.4, -0.2) is 13.2 Å². The van der Waals surface area contributed by atoms with Crippen molar-refractivity contribution in [3.05, 3.63) is 72.0 Å². The molecule has 0 aliphatic rings. The van der Waals surface area contributed by atoms with Gasteiger partial charge in [-0.2, -0.15) is 0 Å². The zero-order chi connectivity index (χ0) is 17.0. The highest BCUT2D eigenvalue weighted by molar-refractivity contribution is 6.89. The van der Waals surface area contributed by atoms with Crippen molar-refractivity contribution >= 4 is 13.3 Å². The van der Waals surface area contributed by atoms with Crippen molar-refractivity contribution in [2.45, 2.75) is 38.9 Å². The SMILES string of the molecule is Cc1cc(-c2ccon2)ccc1CCC[Si](C)(C)c1ccccc1. The quantitative estimate of drug-likeness (QED) is 0.579. The van der Waals surface area contributed by atoms with E-state index in [0.717, 1.165) is 17.7 Å². The maximum absolute atomic E-state index is 4.94. The summed E-state index contributed by atoms with van der Waals surface area (Å²) in [6.07, 6.45) is 4.02. The van der Waals surface area contributed by atoms with E-state index < -0.39 is 8.07 Å². The first-order chi connectivity index (χ1) is 11.6. The van der Waals surface area contributed by atoms with E-state index in [-0.39, 0.29) is 0 Å². The summed E-state index contributed by atoms with van der Waals surface area (Å²) in [5.74, 6) is 0. The Kier molecular flexibility index (Phi) is 5.00. The Hall–Kier alpha value is -2.13. The highest BCUT2D eigenvalue weighted by Gasteiger charge is 2.22. The Bertz CT molecular complexity index is 779. The van der Waals surface area contributed by atoms with Gasteiger partial charge in [-0.15, -0.1) is 0 Å². The van der Waals surface area contributed by atoms with E-state index in [4.69, 9.17) is 4.52 Å². The molecule has 124 valence electrons. The van der Waals surface area contributed by atoms with Crippen molar-refractivity contribution < 1.29 is 4.52 Å². The number of hydrogen-bond donors (Lipinski definition) is 0. The van der Waals surface area contributed by atoms with Gasteiger partial charge < -0.3 is 4.52 Å². The maximum Gasteiger partial charge on any atom is 0.124 e. The van der Waals surface area contributed by atoms with Crippen LogP contribution in [0.5, 0.6) is 0 Å². The molecule has 1 heterocycles. The van der Waals surface area contributed by atoms with Gasteiger partial charge in [0.15, 0.2) is 0 Å². The molecule has 0 aliphatic heterocycles. The molecule has 3 rings (SSSR count). The Labute approximate surface area is 145 Å². The van der Waals surface area contributed by atoms with Gasteiger partial charge in [-0.1, -0.05) is 78.4 Å². The monoisotopic (exact) mass is 335 g/mol. The van der Waals surface area contributed by atoms with Gasteiger partial charge in [0.2, 0.25) is 0 Å². The van der Waals surface area contributed by atoms with Crippen molar-refractivity contribution in [1.82, 2.24) is 5.16 Å². The number of aromatic nitrogens is 1. The van der Waals surface area contributed by atoms with Crippen molar-refractivity contribution in [3.63, 3.8) is 0 Å². The zero-order valence-corrected chi connectivity index (χ0v) is 15.8. The molecule has 0 saturated carbocycles. The number of benzene rings is 2. The molecule has 2 nitrogen and oxygen atoms in total. The lowest BCUT2D eigenvalue weighted by atomic mass is 10.0. The minimum atomic E-state index is -1.33. The summed E-state index contributed by atoms with van der Waals surface area (Å²) < 4.78 is 4.94. The Morgan fingerprint density at radius 1 is 1.00 bits per heavy atom. The van der Waals surface area contributed by atoms with Gasteiger partial charge in [-0.3, -0.25) is 0 Å². The van der Waals surface area contributed by atoms with Crippen LogP contribution < -0.4 is 5.19 Å². The first kappa shape index (κ1) is 16.7. The van der Waals surface area contributed by atoms with Crippen molar-refractivity contribution in [2.75, 3.05) is 0 Å². The third-order valence-corrected chi connectivity index (χ3v) is 8.38. The molecule has 1 aromatic heterocycles. The molecule has 3 heteroatoms. The standard InChI is InChI=1S/C21H25NOSi/c1-17-16-19(21-13-14-23-22-21)12-11-18(17)8-7-15-24(2,3)20-9-5-4-6-10-20/h4-6,9-14,16H,7-8,15H2,1-3H3. The van der Waals surface area contributed by atoms with E-state index in [2.05, 4.69) is 73.7 Å². The summed E-state index contributed by atoms with van der Waals surface area (Å²) in [7, 11) is -1.33. The van der Waals surface area contributed by atoms with Gasteiger partial charge in [-0.25, -0.2) is 0 Å². The zero-order valence-electron chi connectivity index (χ0n) is 14.8. The van der Waals surface area contributed by atoms with Crippen LogP contribution in [0, 0.1) is 6.92 Å². The predicted molar refractivity (Wildman–Crippen MR) is 103 cm³/mol. The summed E-state index contributed by atoms with van der Waals surface area (Å²) in [6, 6.07) is 20.9. The maximum atomic E-state index is 4.94. The van der Waals surface area contributed by atoms with Crippen LogP contribution in [0.4, 0.5) is 0 Å². The third-order valence-electron chi connectivity index (χ3n) is 4.88. The van der Waals surface area contributed by atoms with E-state index >= 15 is 0 Å². The average molecular weight is 336 g/mol. The lowest BCUT2D eigenvalue weighted by Gasteiger charge is -2.23. The van der Waals surface area contributed by atoms with Crippen molar-refractivity contribution in [1.29, 1.82) is 0 Å². The van der Waals surface area contributed by atoms with Crippen LogP contribution in [-0.2, 0) is 6.42 Å². The molecule has 3 aromatic rings. The minimum absolute atomic E-state index is 0.905. The molecule has 0 radical (unpaired) electrons. The van der Waals surface area contributed by atoms with Crippen LogP contribution in [0.2, 0.25) is 19.1 Å². The summed E-state index contributed by atoms with van der Waals surface area (Å²) >= 11 is 0. The summed E-state index contributed by atoms with van der Waals surface area (Å²) in [5, 5.41) is 5.57. The topological polar surface area (TPSA) is 26.0 Å². The van der Waals surface area contributed by atoms with Gasteiger partial charge in [-0.05, 0) is 30.5 Å². The Morgan fingerprint density at radius 2 is 1.79 bits per heavy atom. The molecule has 0 N–H and O–H groups in total. The summed E-state index contributed by atoms with van der Waals surface area (Å²) in [5.41, 5.74) is 4.82. The molecule has 0 saturated heterocycles. The third kappa shape index (κ3) is 3.85. The molecule has 0 spiro atoms. The number of nitrogens with zero attached hydrogens (tertiary/aromatic N) is 1. The molecule has 0 fully saturated rings. The van der Waals surface area contributed by atoms with Gasteiger partial charge in [0.25, 0.3) is 0 Å². The van der Waals surface area contributed by atoms with Gasteiger partial charge >= 0.3 is 0 Å². The average Bonchev–Trinajstić information content (AvgIpc) is 3.11. The van der Waals surface area contributed by atoms with Crippen molar-refractivity contribution in [3.8, 4) is 11.3 Å². The van der Waals surface area contributed by atoms with Crippen LogP contribution in [0.15, 0.2) is 65.4 Å². The minimum Gasteiger partial charge on any atom is -0.364 e. The predicted octanol–water partition coefficient (Wildman–Crippen LogP) is 5.20. The lowest BCUT2D eigenvalue weighted by Crippen LogP contribution is -2.40. The summed E-state index contributed by atoms with van der Waals surface area (Å²) in [6.45, 7) is 7.14. The van der Waals surface area contributed by atoms with Crippen LogP contribution >= 0.6 is 0 Å². The molecular weight excluding hydrogens is 310 g/mol. The van der Waals surface area contributed by atoms with Gasteiger partial charge in [0, 0.05) is 11.6 Å². The lowest BCUT2D eigenvalue weighted by molar-refractivity contribution is 0.422. The van der Waals surface area contributed by atoms with Crippen LogP contribution in [0.3, 0.4) is 0 Å².